The van der Waals surface area contributed by atoms with Gasteiger partial charge in [-0.1, -0.05) is 6.92 Å². The highest BCUT2D eigenvalue weighted by atomic mass is 19.2. The maximum Gasteiger partial charge on any atom is 0.344 e. The molecule has 1 N–H and O–H groups in total. The summed E-state index contributed by atoms with van der Waals surface area (Å²) >= 11 is 0. The van der Waals surface area contributed by atoms with E-state index in [0.717, 1.165) is 0 Å². The molecule has 0 spiro atoms. The second-order valence-electron chi connectivity index (χ2n) is 3.40. The van der Waals surface area contributed by atoms with E-state index in [4.69, 9.17) is 5.11 Å². The number of carbonyl (C=O) groups excluding carboxylic acids is 1. The van der Waals surface area contributed by atoms with Crippen LogP contribution in [-0.4, -0.2) is 17.7 Å². The predicted octanol–water partition coefficient (Wildman–Crippen LogP) is 2.30. The third-order valence-electron chi connectivity index (χ3n) is 2.15. The molecule has 18 heavy (non-hydrogen) atoms. The molecule has 100 valence electrons. The third kappa shape index (κ3) is 2.45. The molecule has 1 rings (SSSR count). The van der Waals surface area contributed by atoms with Crippen molar-refractivity contribution < 1.29 is 32.2 Å². The molecule has 0 atom stereocenters. The number of halogens is 4. The Hall–Kier alpha value is -1.63. The lowest BCUT2D eigenvalue weighted by Crippen LogP contribution is -2.16. The Morgan fingerprint density at radius 3 is 2.00 bits per heavy atom. The fourth-order valence-corrected chi connectivity index (χ4v) is 1.26. The van der Waals surface area contributed by atoms with E-state index in [-0.39, 0.29) is 6.61 Å². The minimum absolute atomic E-state index is 0.136. The van der Waals surface area contributed by atoms with Crippen LogP contribution in [0.5, 0.6) is 0 Å². The van der Waals surface area contributed by atoms with E-state index >= 15 is 0 Å². The van der Waals surface area contributed by atoms with Gasteiger partial charge in [0.05, 0.1) is 18.8 Å². The number of aliphatic hydroxyl groups excluding tert-OH is 1. The molecular formula is C11H10F4O3. The average Bonchev–Trinajstić information content (AvgIpc) is 2.35. The molecule has 0 saturated carbocycles. The van der Waals surface area contributed by atoms with Crippen LogP contribution in [0.25, 0.3) is 0 Å². The van der Waals surface area contributed by atoms with Gasteiger partial charge in [-0.25, -0.2) is 22.4 Å². The first-order valence-electron chi connectivity index (χ1n) is 5.08. The quantitative estimate of drug-likeness (QED) is 0.516. The smallest absolute Gasteiger partial charge is 0.344 e. The van der Waals surface area contributed by atoms with Gasteiger partial charge in [0.15, 0.2) is 23.3 Å². The monoisotopic (exact) mass is 266 g/mol. The molecule has 0 radical (unpaired) electrons. The zero-order chi connectivity index (χ0) is 13.9. The van der Waals surface area contributed by atoms with Gasteiger partial charge in [-0.3, -0.25) is 0 Å². The van der Waals surface area contributed by atoms with Crippen molar-refractivity contribution in [1.82, 2.24) is 0 Å². The Kier molecular flexibility index (Phi) is 4.66. The minimum atomic E-state index is -1.88. The van der Waals surface area contributed by atoms with Gasteiger partial charge in [0, 0.05) is 0 Å². The van der Waals surface area contributed by atoms with Gasteiger partial charge in [-0.2, -0.15) is 0 Å². The number of rotatable bonds is 4. The maximum atomic E-state index is 13.4. The Labute approximate surface area is 100.0 Å². The van der Waals surface area contributed by atoms with Crippen molar-refractivity contribution in [2.45, 2.75) is 20.0 Å². The third-order valence-corrected chi connectivity index (χ3v) is 2.15. The van der Waals surface area contributed by atoms with Crippen LogP contribution in [0.2, 0.25) is 0 Å². The van der Waals surface area contributed by atoms with Crippen molar-refractivity contribution in [3.8, 4) is 0 Å². The first-order valence-corrected chi connectivity index (χ1v) is 5.08. The Morgan fingerprint density at radius 2 is 1.61 bits per heavy atom. The van der Waals surface area contributed by atoms with Gasteiger partial charge >= 0.3 is 5.97 Å². The normalized spacial score (nSPS) is 10.6. The van der Waals surface area contributed by atoms with Crippen molar-refractivity contribution in [1.29, 1.82) is 0 Å². The van der Waals surface area contributed by atoms with Crippen LogP contribution in [0.3, 0.4) is 0 Å². The van der Waals surface area contributed by atoms with Crippen LogP contribution in [0.4, 0.5) is 17.6 Å². The molecule has 0 bridgehead atoms. The van der Waals surface area contributed by atoms with E-state index in [1.807, 2.05) is 0 Å². The standard InChI is InChI=1S/C11H10F4O3/c1-2-3-18-11(17)6-9(14)7(12)5(4-16)8(13)10(6)15/h16H,2-4H2,1H3. The van der Waals surface area contributed by atoms with E-state index in [9.17, 15) is 22.4 Å². The molecule has 1 aromatic rings. The summed E-state index contributed by atoms with van der Waals surface area (Å²) in [5, 5.41) is 8.59. The summed E-state index contributed by atoms with van der Waals surface area (Å²) in [6, 6.07) is 0. The van der Waals surface area contributed by atoms with Crippen molar-refractivity contribution in [3.05, 3.63) is 34.4 Å². The van der Waals surface area contributed by atoms with E-state index in [1.165, 1.54) is 0 Å². The molecule has 0 saturated heterocycles. The molecule has 0 fully saturated rings. The zero-order valence-corrected chi connectivity index (χ0v) is 9.40. The minimum Gasteiger partial charge on any atom is -0.462 e. The molecule has 1 aromatic carbocycles. The molecule has 0 aliphatic carbocycles. The lowest BCUT2D eigenvalue weighted by Gasteiger charge is -2.10. The van der Waals surface area contributed by atoms with Crippen molar-refractivity contribution in [2.24, 2.45) is 0 Å². The molecule has 7 heteroatoms. The molecule has 3 nitrogen and oxygen atoms in total. The molecule has 0 unspecified atom stereocenters. The van der Waals surface area contributed by atoms with Gasteiger partial charge in [0.1, 0.15) is 5.56 Å². The van der Waals surface area contributed by atoms with E-state index in [0.29, 0.717) is 6.42 Å². The van der Waals surface area contributed by atoms with Crippen molar-refractivity contribution >= 4 is 5.97 Å². The van der Waals surface area contributed by atoms with Crippen LogP contribution in [-0.2, 0) is 11.3 Å². The summed E-state index contributed by atoms with van der Waals surface area (Å²) in [6.07, 6.45) is 0.384. The van der Waals surface area contributed by atoms with E-state index in [2.05, 4.69) is 4.74 Å². The molecule has 0 aromatic heterocycles. The predicted molar refractivity (Wildman–Crippen MR) is 52.8 cm³/mol. The van der Waals surface area contributed by atoms with Gasteiger partial charge in [0.2, 0.25) is 0 Å². The first kappa shape index (κ1) is 14.4. The topological polar surface area (TPSA) is 46.5 Å². The summed E-state index contributed by atoms with van der Waals surface area (Å²) in [7, 11) is 0. The van der Waals surface area contributed by atoms with Crippen LogP contribution in [0.15, 0.2) is 0 Å². The second-order valence-corrected chi connectivity index (χ2v) is 3.40. The Bertz CT molecular complexity index is 445. The highest BCUT2D eigenvalue weighted by Crippen LogP contribution is 2.24. The lowest BCUT2D eigenvalue weighted by molar-refractivity contribution is 0.0490. The summed E-state index contributed by atoms with van der Waals surface area (Å²) < 4.78 is 57.6. The van der Waals surface area contributed by atoms with E-state index < -0.39 is 47.0 Å². The van der Waals surface area contributed by atoms with Crippen LogP contribution in [0.1, 0.15) is 29.3 Å². The largest absolute Gasteiger partial charge is 0.462 e. The molecule has 0 aliphatic rings. The number of benzene rings is 1. The van der Waals surface area contributed by atoms with Gasteiger partial charge < -0.3 is 9.84 Å². The Morgan fingerprint density at radius 1 is 1.11 bits per heavy atom. The molecular weight excluding hydrogens is 256 g/mol. The summed E-state index contributed by atoms with van der Waals surface area (Å²) in [6.45, 7) is 0.272. The molecule has 0 amide bonds. The number of carbonyl (C=O) groups is 1. The van der Waals surface area contributed by atoms with Crippen molar-refractivity contribution in [3.63, 3.8) is 0 Å². The fraction of sp³-hybridized carbons (Fsp3) is 0.364. The number of hydrogen-bond donors (Lipinski definition) is 1. The van der Waals surface area contributed by atoms with Gasteiger partial charge in [-0.05, 0) is 6.42 Å². The Balaban J connectivity index is 3.33. The molecule has 0 heterocycles. The van der Waals surface area contributed by atoms with Gasteiger partial charge in [-0.15, -0.1) is 0 Å². The SMILES string of the molecule is CCCOC(=O)c1c(F)c(F)c(CO)c(F)c1F. The number of ether oxygens (including phenoxy) is 1. The van der Waals surface area contributed by atoms with Crippen LogP contribution < -0.4 is 0 Å². The first-order chi connectivity index (χ1) is 8.45. The average molecular weight is 266 g/mol. The highest BCUT2D eigenvalue weighted by molar-refractivity contribution is 5.90. The van der Waals surface area contributed by atoms with Crippen LogP contribution >= 0.6 is 0 Å². The lowest BCUT2D eigenvalue weighted by atomic mass is 10.1. The number of hydrogen-bond acceptors (Lipinski definition) is 3. The second kappa shape index (κ2) is 5.81. The highest BCUT2D eigenvalue weighted by Gasteiger charge is 2.29. The summed E-state index contributed by atoms with van der Waals surface area (Å²) in [5.74, 6) is -8.85. The van der Waals surface area contributed by atoms with E-state index in [1.54, 1.807) is 6.92 Å². The van der Waals surface area contributed by atoms with Crippen LogP contribution in [0, 0.1) is 23.3 Å². The summed E-state index contributed by atoms with van der Waals surface area (Å²) in [5.41, 5.74) is -2.60. The van der Waals surface area contributed by atoms with Crippen molar-refractivity contribution in [2.75, 3.05) is 6.61 Å². The number of esters is 1. The summed E-state index contributed by atoms with van der Waals surface area (Å²) in [4.78, 5) is 11.3. The fourth-order valence-electron chi connectivity index (χ4n) is 1.26. The maximum absolute atomic E-state index is 13.4. The number of aliphatic hydroxyl groups is 1. The van der Waals surface area contributed by atoms with Gasteiger partial charge in [0.25, 0.3) is 0 Å². The molecule has 0 aliphatic heterocycles. The zero-order valence-electron chi connectivity index (χ0n) is 9.40.